The molecule has 3 aliphatic rings. The van der Waals surface area contributed by atoms with Crippen molar-refractivity contribution in [1.29, 1.82) is 0 Å². The summed E-state index contributed by atoms with van der Waals surface area (Å²) in [5.74, 6) is -2.19. The minimum atomic E-state index is -1.90. The third kappa shape index (κ3) is 6.37. The summed E-state index contributed by atoms with van der Waals surface area (Å²) in [5, 5.41) is 2.99. The van der Waals surface area contributed by atoms with Crippen LogP contribution in [0, 0.1) is 17.0 Å². The van der Waals surface area contributed by atoms with Gasteiger partial charge in [-0.05, 0) is 37.6 Å². The van der Waals surface area contributed by atoms with E-state index < -0.39 is 47.1 Å². The zero-order valence-electron chi connectivity index (χ0n) is 23.7. The Bertz CT molecular complexity index is 1360. The van der Waals surface area contributed by atoms with E-state index >= 15 is 0 Å². The average molecular weight is 606 g/mol. The van der Waals surface area contributed by atoms with E-state index in [2.05, 4.69) is 20.1 Å². The number of nitrogens with one attached hydrogen (secondary N) is 1. The van der Waals surface area contributed by atoms with Gasteiger partial charge in [-0.3, -0.25) is 14.4 Å². The van der Waals surface area contributed by atoms with Crippen LogP contribution in [0.1, 0.15) is 30.6 Å². The molecular weight excluding hydrogens is 571 g/mol. The Balaban J connectivity index is 1.29. The molecule has 3 aliphatic heterocycles. The lowest BCUT2D eigenvalue weighted by atomic mass is 10.0. The lowest BCUT2D eigenvalue weighted by Gasteiger charge is -2.31. The quantitative estimate of drug-likeness (QED) is 0.493. The first kappa shape index (κ1) is 30.2. The van der Waals surface area contributed by atoms with Crippen molar-refractivity contribution in [3.63, 3.8) is 0 Å². The summed E-state index contributed by atoms with van der Waals surface area (Å²) in [7, 11) is 2.04. The van der Waals surface area contributed by atoms with Crippen molar-refractivity contribution < 1.29 is 32.3 Å². The zero-order chi connectivity index (χ0) is 30.1. The summed E-state index contributed by atoms with van der Waals surface area (Å²) in [6, 6.07) is 4.37. The fraction of sp³-hybridized carbons (Fsp3) is 0.517. The number of likely N-dealkylation sites (tertiary alicyclic amines) is 1. The molecule has 9 nitrogen and oxygen atoms in total. The van der Waals surface area contributed by atoms with Crippen molar-refractivity contribution in [3.8, 4) is 11.3 Å². The maximum absolute atomic E-state index is 14.9. The molecule has 0 spiro atoms. The Hall–Kier alpha value is -3.29. The molecule has 0 radical (unpaired) electrons. The average Bonchev–Trinajstić information content (AvgIpc) is 3.63. The maximum Gasteiger partial charge on any atom is 0.266 e. The molecule has 1 aromatic carbocycles. The second-order valence-electron chi connectivity index (χ2n) is 11.4. The summed E-state index contributed by atoms with van der Waals surface area (Å²) < 4.78 is 46.4. The first-order valence-electron chi connectivity index (χ1n) is 14.0. The van der Waals surface area contributed by atoms with Gasteiger partial charge in [0.25, 0.3) is 12.0 Å². The minimum absolute atomic E-state index is 0.0108. The fourth-order valence-corrected chi connectivity index (χ4v) is 6.61. The van der Waals surface area contributed by atoms with Crippen LogP contribution in [0.15, 0.2) is 36.4 Å². The van der Waals surface area contributed by atoms with Gasteiger partial charge in [-0.25, -0.2) is 4.98 Å². The maximum atomic E-state index is 14.9. The predicted molar refractivity (Wildman–Crippen MR) is 152 cm³/mol. The smallest absolute Gasteiger partial charge is 0.266 e. The third-order valence-corrected chi connectivity index (χ3v) is 8.83. The Morgan fingerprint density at radius 3 is 2.50 bits per heavy atom. The number of hydrogen-bond acceptors (Lipinski definition) is 8. The molecule has 13 heteroatoms. The molecule has 4 atom stereocenters. The van der Waals surface area contributed by atoms with Gasteiger partial charge in [0.1, 0.15) is 24.4 Å². The number of carbonyl (C=O) groups is 3. The normalized spacial score (nSPS) is 23.3. The molecule has 0 saturated carbocycles. The van der Waals surface area contributed by atoms with Crippen LogP contribution in [-0.4, -0.2) is 96.9 Å². The van der Waals surface area contributed by atoms with E-state index in [-0.39, 0.29) is 42.5 Å². The summed E-state index contributed by atoms with van der Waals surface area (Å²) >= 11 is 0.997. The van der Waals surface area contributed by atoms with Crippen LogP contribution in [0.5, 0.6) is 0 Å². The van der Waals surface area contributed by atoms with Gasteiger partial charge in [0.2, 0.25) is 11.0 Å². The number of ketones is 1. The number of nitrogens with zero attached hydrogens (tertiary/aromatic N) is 4. The standard InChI is InChI=1S/C29H34F3N5O4S/c1-16(2)12-20(28(40)37-14-19(13-22(30)31)25-24(37)21(38)15-41-25)33-27(39)18-6-4-17(5-7-18)23-26(32)42-29(34-23)36-10-8-35(3)9-11-36/h4-7,13,16,19-20,24-25H,8-12,14-15H2,1-3H3,(H,33,39). The van der Waals surface area contributed by atoms with Crippen LogP contribution in [0.25, 0.3) is 11.3 Å². The number of benzene rings is 1. The summed E-state index contributed by atoms with van der Waals surface area (Å²) in [6.07, 6.45) is -1.74. The molecule has 42 heavy (non-hydrogen) atoms. The molecule has 2 amide bonds. The molecular formula is C29H34F3N5O4S. The minimum Gasteiger partial charge on any atom is -0.367 e. The topological polar surface area (TPSA) is 95.1 Å². The number of likely N-dealkylation sites (N-methyl/N-ethyl adjacent to an activating group) is 1. The Kier molecular flexibility index (Phi) is 9.00. The number of hydrogen-bond donors (Lipinski definition) is 1. The van der Waals surface area contributed by atoms with Gasteiger partial charge in [0.05, 0.1) is 6.10 Å². The van der Waals surface area contributed by atoms with Crippen LogP contribution in [0.3, 0.4) is 0 Å². The summed E-state index contributed by atoms with van der Waals surface area (Å²) in [4.78, 5) is 49.4. The van der Waals surface area contributed by atoms with E-state index in [0.717, 1.165) is 43.6 Å². The van der Waals surface area contributed by atoms with Crippen LogP contribution in [0.2, 0.25) is 0 Å². The van der Waals surface area contributed by atoms with Gasteiger partial charge in [-0.1, -0.05) is 37.3 Å². The van der Waals surface area contributed by atoms with Crippen LogP contribution < -0.4 is 10.2 Å². The predicted octanol–water partition coefficient (Wildman–Crippen LogP) is 3.42. The van der Waals surface area contributed by atoms with Crippen LogP contribution >= 0.6 is 11.3 Å². The fourth-order valence-electron chi connectivity index (χ4n) is 5.74. The first-order chi connectivity index (χ1) is 20.0. The van der Waals surface area contributed by atoms with Crippen LogP contribution in [-0.2, 0) is 14.3 Å². The van der Waals surface area contributed by atoms with Gasteiger partial charge >= 0.3 is 0 Å². The molecule has 3 saturated heterocycles. The van der Waals surface area contributed by atoms with E-state index in [0.29, 0.717) is 10.7 Å². The van der Waals surface area contributed by atoms with Gasteiger partial charge in [-0.2, -0.15) is 13.2 Å². The highest BCUT2D eigenvalue weighted by atomic mass is 32.1. The number of carbonyl (C=O) groups excluding carboxylic acids is 3. The lowest BCUT2D eigenvalue weighted by molar-refractivity contribution is -0.138. The zero-order valence-corrected chi connectivity index (χ0v) is 24.5. The number of halogens is 3. The Labute approximate surface area is 246 Å². The summed E-state index contributed by atoms with van der Waals surface area (Å²) in [6.45, 7) is 6.70. The molecule has 2 aromatic rings. The Morgan fingerprint density at radius 1 is 1.17 bits per heavy atom. The van der Waals surface area contributed by atoms with Crippen molar-refractivity contribution in [2.24, 2.45) is 11.8 Å². The molecule has 1 aromatic heterocycles. The molecule has 0 bridgehead atoms. The van der Waals surface area contributed by atoms with E-state index in [4.69, 9.17) is 4.74 Å². The summed E-state index contributed by atoms with van der Waals surface area (Å²) in [5.41, 5.74) is 1.00. The van der Waals surface area contributed by atoms with Gasteiger partial charge in [0.15, 0.2) is 10.9 Å². The van der Waals surface area contributed by atoms with E-state index in [1.807, 2.05) is 20.9 Å². The second kappa shape index (κ2) is 12.5. The van der Waals surface area contributed by atoms with E-state index in [1.165, 1.54) is 4.90 Å². The number of piperazine rings is 1. The highest BCUT2D eigenvalue weighted by Crippen LogP contribution is 2.35. The van der Waals surface area contributed by atoms with Crippen molar-refractivity contribution in [3.05, 3.63) is 47.1 Å². The highest BCUT2D eigenvalue weighted by Gasteiger charge is 2.52. The SMILES string of the molecule is CC(C)CC(NC(=O)c1ccc(-c2nc(N3CCN(C)CC3)sc2F)cc1)C(=O)N1CC(C=C(F)F)C2OCC(=O)C21. The van der Waals surface area contributed by atoms with Crippen molar-refractivity contribution >= 4 is 34.1 Å². The number of amides is 2. The van der Waals surface area contributed by atoms with E-state index in [1.54, 1.807) is 24.3 Å². The molecule has 3 fully saturated rings. The molecule has 4 unspecified atom stereocenters. The van der Waals surface area contributed by atoms with Crippen molar-refractivity contribution in [2.45, 2.75) is 38.5 Å². The van der Waals surface area contributed by atoms with Gasteiger partial charge < -0.3 is 24.8 Å². The third-order valence-electron chi connectivity index (χ3n) is 7.93. The molecule has 1 N–H and O–H groups in total. The number of thiazole rings is 1. The number of rotatable bonds is 8. The molecule has 0 aliphatic carbocycles. The largest absolute Gasteiger partial charge is 0.367 e. The Morgan fingerprint density at radius 2 is 1.86 bits per heavy atom. The second-order valence-corrected chi connectivity index (χ2v) is 12.4. The number of Topliss-reactive ketones (excluding diaryl/α,β-unsaturated/α-hetero) is 1. The molecule has 4 heterocycles. The lowest BCUT2D eigenvalue weighted by Crippen LogP contribution is -2.52. The molecule has 226 valence electrons. The molecule has 5 rings (SSSR count). The van der Waals surface area contributed by atoms with E-state index in [9.17, 15) is 27.6 Å². The van der Waals surface area contributed by atoms with Gasteiger partial charge in [0, 0.05) is 49.8 Å². The van der Waals surface area contributed by atoms with Crippen molar-refractivity contribution in [2.75, 3.05) is 51.3 Å². The number of fused-ring (bicyclic) bond motifs is 1. The highest BCUT2D eigenvalue weighted by molar-refractivity contribution is 7.14. The van der Waals surface area contributed by atoms with Crippen LogP contribution in [0.4, 0.5) is 18.3 Å². The monoisotopic (exact) mass is 605 g/mol. The number of ether oxygens (including phenoxy) is 1. The number of anilines is 1. The van der Waals surface area contributed by atoms with Gasteiger partial charge in [-0.15, -0.1) is 0 Å². The van der Waals surface area contributed by atoms with Crippen molar-refractivity contribution in [1.82, 2.24) is 20.1 Å². The first-order valence-corrected chi connectivity index (χ1v) is 14.8. The number of aromatic nitrogens is 1.